The van der Waals surface area contributed by atoms with Gasteiger partial charge in [0.05, 0.1) is 11.8 Å². The first kappa shape index (κ1) is 13.5. The molecule has 0 saturated heterocycles. The molecular weight excluding hydrogens is 250 g/mol. The van der Waals surface area contributed by atoms with E-state index in [0.717, 1.165) is 0 Å². The van der Waals surface area contributed by atoms with Crippen LogP contribution in [-0.2, 0) is 16.0 Å². The van der Waals surface area contributed by atoms with Crippen LogP contribution in [0.1, 0.15) is 25.6 Å². The van der Waals surface area contributed by atoms with E-state index in [1.54, 1.807) is 20.8 Å². The molecule has 7 nitrogen and oxygen atoms in total. The summed E-state index contributed by atoms with van der Waals surface area (Å²) in [5.74, 6) is -1.19. The Hall–Kier alpha value is -1.92. The highest BCUT2D eigenvalue weighted by Crippen LogP contribution is 2.58. The largest absolute Gasteiger partial charge is 0.481 e. The first-order chi connectivity index (χ1) is 8.84. The fraction of sp³-hybridized carbons (Fsp3) is 0.667. The predicted octanol–water partition coefficient (Wildman–Crippen LogP) is 0.394. The second kappa shape index (κ2) is 4.64. The van der Waals surface area contributed by atoms with E-state index >= 15 is 0 Å². The van der Waals surface area contributed by atoms with Crippen molar-refractivity contribution in [2.45, 2.75) is 27.2 Å². The second-order valence-electron chi connectivity index (χ2n) is 5.39. The summed E-state index contributed by atoms with van der Waals surface area (Å²) in [6.45, 7) is 5.65. The van der Waals surface area contributed by atoms with Gasteiger partial charge in [0, 0.05) is 19.9 Å². The van der Waals surface area contributed by atoms with Crippen LogP contribution in [0.5, 0.6) is 0 Å². The van der Waals surface area contributed by atoms with Gasteiger partial charge in [0.1, 0.15) is 0 Å². The van der Waals surface area contributed by atoms with Crippen molar-refractivity contribution in [1.82, 2.24) is 15.5 Å². The number of carboxylic acids is 1. The molecular formula is C12H17N3O4. The van der Waals surface area contributed by atoms with Crippen LogP contribution in [-0.4, -0.2) is 33.7 Å². The molecule has 0 aliphatic heterocycles. The maximum atomic E-state index is 11.9. The molecule has 7 heteroatoms. The lowest BCUT2D eigenvalue weighted by Gasteiger charge is -2.04. The van der Waals surface area contributed by atoms with Crippen LogP contribution in [0, 0.1) is 24.2 Å². The monoisotopic (exact) mass is 267 g/mol. The Balaban J connectivity index is 1.81. The van der Waals surface area contributed by atoms with Gasteiger partial charge in [-0.2, -0.15) is 4.98 Å². The molecule has 2 unspecified atom stereocenters. The molecule has 1 amide bonds. The fourth-order valence-electron chi connectivity index (χ4n) is 2.44. The van der Waals surface area contributed by atoms with Gasteiger partial charge in [-0.25, -0.2) is 0 Å². The van der Waals surface area contributed by atoms with Gasteiger partial charge in [-0.1, -0.05) is 19.0 Å². The Morgan fingerprint density at radius 3 is 2.58 bits per heavy atom. The van der Waals surface area contributed by atoms with Crippen molar-refractivity contribution in [1.29, 1.82) is 0 Å². The summed E-state index contributed by atoms with van der Waals surface area (Å²) in [5.41, 5.74) is -0.474. The quantitative estimate of drug-likeness (QED) is 0.799. The van der Waals surface area contributed by atoms with Crippen molar-refractivity contribution < 1.29 is 19.2 Å². The number of rotatable bonds is 5. The second-order valence-corrected chi connectivity index (χ2v) is 5.39. The molecule has 1 fully saturated rings. The van der Waals surface area contributed by atoms with E-state index in [2.05, 4.69) is 15.5 Å². The van der Waals surface area contributed by atoms with Crippen molar-refractivity contribution in [2.75, 3.05) is 6.54 Å². The first-order valence-corrected chi connectivity index (χ1v) is 6.13. The summed E-state index contributed by atoms with van der Waals surface area (Å²) in [5, 5.41) is 15.4. The van der Waals surface area contributed by atoms with E-state index in [1.807, 2.05) is 0 Å². The van der Waals surface area contributed by atoms with Crippen molar-refractivity contribution in [3.63, 3.8) is 0 Å². The zero-order chi connectivity index (χ0) is 14.2. The minimum absolute atomic E-state index is 0.224. The predicted molar refractivity (Wildman–Crippen MR) is 64.1 cm³/mol. The third-order valence-corrected chi connectivity index (χ3v) is 3.59. The van der Waals surface area contributed by atoms with E-state index in [4.69, 9.17) is 9.63 Å². The Morgan fingerprint density at radius 1 is 1.42 bits per heavy atom. The molecule has 0 spiro atoms. The van der Waals surface area contributed by atoms with Crippen molar-refractivity contribution in [2.24, 2.45) is 17.3 Å². The third kappa shape index (κ3) is 2.59. The number of hydrogen-bond donors (Lipinski definition) is 2. The fourth-order valence-corrected chi connectivity index (χ4v) is 2.44. The molecule has 1 aromatic heterocycles. The highest BCUT2D eigenvalue weighted by atomic mass is 16.5. The molecule has 1 aliphatic rings. The Kier molecular flexibility index (Phi) is 3.30. The summed E-state index contributed by atoms with van der Waals surface area (Å²) in [4.78, 5) is 26.9. The lowest BCUT2D eigenvalue weighted by atomic mass is 10.1. The van der Waals surface area contributed by atoms with Gasteiger partial charge in [-0.15, -0.1) is 0 Å². The molecule has 2 rings (SSSR count). The number of aryl methyl sites for hydroxylation is 1. The number of aromatic nitrogens is 2. The zero-order valence-electron chi connectivity index (χ0n) is 11.1. The summed E-state index contributed by atoms with van der Waals surface area (Å²) < 4.78 is 4.81. The number of carboxylic acid groups (broad SMARTS) is 1. The highest BCUT2D eigenvalue weighted by Gasteiger charge is 2.65. The maximum Gasteiger partial charge on any atom is 0.307 e. The number of carbonyl (C=O) groups excluding carboxylic acids is 1. The molecule has 0 aromatic carbocycles. The van der Waals surface area contributed by atoms with Crippen LogP contribution >= 0.6 is 0 Å². The minimum atomic E-state index is -0.918. The van der Waals surface area contributed by atoms with Gasteiger partial charge >= 0.3 is 5.97 Å². The van der Waals surface area contributed by atoms with Crippen molar-refractivity contribution >= 4 is 11.9 Å². The molecule has 104 valence electrons. The van der Waals surface area contributed by atoms with Gasteiger partial charge in [-0.3, -0.25) is 9.59 Å². The normalized spacial score (nSPS) is 23.9. The standard InChI is InChI=1S/C12H17N3O4/c1-6-14-7(15-19-6)4-5-13-10(16)8-9(11(17)18)12(8,2)3/h8-9H,4-5H2,1-3H3,(H,13,16)(H,17,18). The van der Waals surface area contributed by atoms with Gasteiger partial charge < -0.3 is 14.9 Å². The van der Waals surface area contributed by atoms with Crippen LogP contribution in [0.3, 0.4) is 0 Å². The van der Waals surface area contributed by atoms with Crippen molar-refractivity contribution in [3.05, 3.63) is 11.7 Å². The number of carbonyl (C=O) groups is 2. The highest BCUT2D eigenvalue weighted by molar-refractivity contribution is 5.91. The van der Waals surface area contributed by atoms with E-state index in [9.17, 15) is 9.59 Å². The Labute approximate surface area is 110 Å². The molecule has 1 saturated carbocycles. The molecule has 0 bridgehead atoms. The van der Waals surface area contributed by atoms with E-state index in [0.29, 0.717) is 24.7 Å². The number of nitrogens with zero attached hydrogens (tertiary/aromatic N) is 2. The number of amides is 1. The SMILES string of the molecule is Cc1nc(CCNC(=O)C2C(C(=O)O)C2(C)C)no1. The van der Waals surface area contributed by atoms with Crippen LogP contribution < -0.4 is 5.32 Å². The molecule has 2 N–H and O–H groups in total. The zero-order valence-corrected chi connectivity index (χ0v) is 11.1. The molecule has 0 radical (unpaired) electrons. The average molecular weight is 267 g/mol. The molecule has 1 aromatic rings. The van der Waals surface area contributed by atoms with E-state index in [-0.39, 0.29) is 5.91 Å². The van der Waals surface area contributed by atoms with Crippen LogP contribution in [0.4, 0.5) is 0 Å². The van der Waals surface area contributed by atoms with Gasteiger partial charge in [0.15, 0.2) is 5.82 Å². The summed E-state index contributed by atoms with van der Waals surface area (Å²) >= 11 is 0. The molecule has 2 atom stereocenters. The Bertz CT molecular complexity index is 509. The maximum absolute atomic E-state index is 11.9. The van der Waals surface area contributed by atoms with E-state index in [1.165, 1.54) is 0 Å². The average Bonchev–Trinajstić information content (AvgIpc) is 2.65. The van der Waals surface area contributed by atoms with Crippen LogP contribution in [0.15, 0.2) is 4.52 Å². The smallest absolute Gasteiger partial charge is 0.307 e. The summed E-state index contributed by atoms with van der Waals surface area (Å²) in [7, 11) is 0. The first-order valence-electron chi connectivity index (χ1n) is 6.13. The topological polar surface area (TPSA) is 105 Å². The van der Waals surface area contributed by atoms with Gasteiger partial charge in [0.25, 0.3) is 0 Å². The van der Waals surface area contributed by atoms with Crippen LogP contribution in [0.2, 0.25) is 0 Å². The minimum Gasteiger partial charge on any atom is -0.481 e. The third-order valence-electron chi connectivity index (χ3n) is 3.59. The summed E-state index contributed by atoms with van der Waals surface area (Å²) in [6, 6.07) is 0. The lowest BCUT2D eigenvalue weighted by Crippen LogP contribution is -2.29. The lowest BCUT2D eigenvalue weighted by molar-refractivity contribution is -0.140. The molecule has 1 heterocycles. The molecule has 1 aliphatic carbocycles. The molecule has 19 heavy (non-hydrogen) atoms. The van der Waals surface area contributed by atoms with Gasteiger partial charge in [-0.05, 0) is 5.41 Å². The van der Waals surface area contributed by atoms with Crippen molar-refractivity contribution in [3.8, 4) is 0 Å². The number of nitrogens with one attached hydrogen (secondary N) is 1. The van der Waals surface area contributed by atoms with E-state index < -0.39 is 23.2 Å². The Morgan fingerprint density at radius 2 is 2.11 bits per heavy atom. The van der Waals surface area contributed by atoms with Gasteiger partial charge in [0.2, 0.25) is 11.8 Å². The number of hydrogen-bond acceptors (Lipinski definition) is 5. The summed E-state index contributed by atoms with van der Waals surface area (Å²) in [6.07, 6.45) is 0.466. The number of aliphatic carboxylic acids is 1. The van der Waals surface area contributed by atoms with Crippen LogP contribution in [0.25, 0.3) is 0 Å².